The van der Waals surface area contributed by atoms with Crippen LogP contribution in [-0.4, -0.2) is 43.1 Å². The van der Waals surface area contributed by atoms with E-state index < -0.39 is 20.0 Å². The zero-order valence-corrected chi connectivity index (χ0v) is 25.7. The normalized spacial score (nSPS) is 15.6. The van der Waals surface area contributed by atoms with Crippen LogP contribution in [0.2, 0.25) is 0 Å². The molecular formula is C33H34N2O6S2. The number of fused-ring (bicyclic) bond motifs is 2. The lowest BCUT2D eigenvalue weighted by Gasteiger charge is -2.29. The van der Waals surface area contributed by atoms with Crippen LogP contribution >= 0.6 is 0 Å². The van der Waals surface area contributed by atoms with Crippen LogP contribution in [0.25, 0.3) is 0 Å². The summed E-state index contributed by atoms with van der Waals surface area (Å²) in [5.41, 5.74) is 2.61. The van der Waals surface area contributed by atoms with Crippen molar-refractivity contribution in [2.45, 2.75) is 30.1 Å². The maximum absolute atomic E-state index is 14.1. The van der Waals surface area contributed by atoms with E-state index in [1.807, 2.05) is 13.8 Å². The molecular weight excluding hydrogens is 585 g/mol. The Morgan fingerprint density at radius 2 is 0.907 bits per heavy atom. The second-order valence-electron chi connectivity index (χ2n) is 10.2. The molecule has 0 unspecified atom stereocenters. The molecule has 0 aliphatic carbocycles. The second-order valence-corrected chi connectivity index (χ2v) is 13.9. The molecule has 4 aromatic rings. The highest BCUT2D eigenvalue weighted by molar-refractivity contribution is 7.93. The van der Waals surface area contributed by atoms with Crippen LogP contribution in [0.4, 0.5) is 11.4 Å². The Morgan fingerprint density at radius 3 is 1.30 bits per heavy atom. The number of rotatable bonds is 4. The zero-order chi connectivity index (χ0) is 30.5. The summed E-state index contributed by atoms with van der Waals surface area (Å²) in [7, 11) is -8.06. The highest BCUT2D eigenvalue weighted by Gasteiger charge is 2.30. The first-order valence-corrected chi connectivity index (χ1v) is 16.8. The highest BCUT2D eigenvalue weighted by Crippen LogP contribution is 2.35. The van der Waals surface area contributed by atoms with Gasteiger partial charge in [0.2, 0.25) is 0 Å². The van der Waals surface area contributed by atoms with Gasteiger partial charge in [-0.2, -0.15) is 0 Å². The highest BCUT2D eigenvalue weighted by atomic mass is 32.2. The fraction of sp³-hybridized carbons (Fsp3) is 0.212. The first kappa shape index (κ1) is 30.2. The first-order valence-electron chi connectivity index (χ1n) is 14.0. The summed E-state index contributed by atoms with van der Waals surface area (Å²) >= 11 is 0. The standard InChI is InChI=1S/C33H34N2O6S2/c1-26-14-18-28(19-15-26)42(36,37)34-22-9-23-35(43(38,39)29-20-16-27(2)17-21-29)31-11-4-6-13-33(31)41-25-8-7-24-40-32-12-5-3-10-30(32)34/h3-8,10-21H,9,22-25H2,1-2H3/b8-7+. The molecule has 5 rings (SSSR count). The van der Waals surface area contributed by atoms with Gasteiger partial charge in [0.15, 0.2) is 0 Å². The molecule has 0 bridgehead atoms. The van der Waals surface area contributed by atoms with Crippen molar-refractivity contribution in [2.24, 2.45) is 0 Å². The minimum Gasteiger partial charge on any atom is -0.487 e. The molecule has 0 atom stereocenters. The van der Waals surface area contributed by atoms with Gasteiger partial charge >= 0.3 is 0 Å². The van der Waals surface area contributed by atoms with E-state index in [1.165, 1.54) is 8.61 Å². The number of hydrogen-bond donors (Lipinski definition) is 0. The van der Waals surface area contributed by atoms with E-state index >= 15 is 0 Å². The van der Waals surface area contributed by atoms with E-state index in [0.717, 1.165) is 11.1 Å². The molecule has 0 fully saturated rings. The monoisotopic (exact) mass is 618 g/mol. The Morgan fingerprint density at radius 1 is 0.535 bits per heavy atom. The Kier molecular flexibility index (Phi) is 9.08. The molecule has 0 saturated carbocycles. The van der Waals surface area contributed by atoms with Crippen LogP contribution in [0.15, 0.2) is 119 Å². The van der Waals surface area contributed by atoms with Crippen molar-refractivity contribution in [3.05, 3.63) is 120 Å². The van der Waals surface area contributed by atoms with Gasteiger partial charge in [-0.25, -0.2) is 16.8 Å². The lowest BCUT2D eigenvalue weighted by molar-refractivity contribution is 0.351. The molecule has 10 heteroatoms. The van der Waals surface area contributed by atoms with Gasteiger partial charge in [-0.05, 0) is 81.0 Å². The van der Waals surface area contributed by atoms with Crippen molar-refractivity contribution in [2.75, 3.05) is 34.9 Å². The van der Waals surface area contributed by atoms with E-state index in [0.29, 0.717) is 22.9 Å². The molecule has 0 radical (unpaired) electrons. The van der Waals surface area contributed by atoms with Crippen molar-refractivity contribution >= 4 is 31.4 Å². The minimum atomic E-state index is -4.03. The summed E-state index contributed by atoms with van der Waals surface area (Å²) < 4.78 is 71.0. The van der Waals surface area contributed by atoms with Gasteiger partial charge in [0.05, 0.1) is 21.2 Å². The zero-order valence-electron chi connectivity index (χ0n) is 24.1. The van der Waals surface area contributed by atoms with Crippen molar-refractivity contribution in [1.29, 1.82) is 0 Å². The first-order chi connectivity index (χ1) is 20.7. The number of nitrogens with zero attached hydrogens (tertiary/aromatic N) is 2. The largest absolute Gasteiger partial charge is 0.487 e. The van der Waals surface area contributed by atoms with Gasteiger partial charge in [0.25, 0.3) is 20.0 Å². The minimum absolute atomic E-state index is 0.00460. The van der Waals surface area contributed by atoms with Gasteiger partial charge in [0.1, 0.15) is 24.7 Å². The summed E-state index contributed by atoms with van der Waals surface area (Å²) in [6, 6.07) is 27.2. The maximum atomic E-state index is 14.1. The van der Waals surface area contributed by atoms with Crippen LogP contribution in [0.1, 0.15) is 17.5 Å². The smallest absolute Gasteiger partial charge is 0.264 e. The molecule has 0 saturated heterocycles. The lowest BCUT2D eigenvalue weighted by atomic mass is 10.2. The number of sulfonamides is 2. The van der Waals surface area contributed by atoms with Crippen molar-refractivity contribution in [3.8, 4) is 11.5 Å². The van der Waals surface area contributed by atoms with Crippen molar-refractivity contribution < 1.29 is 26.3 Å². The summed E-state index contributed by atoms with van der Waals surface area (Å²) in [5.74, 6) is 0.789. The average Bonchev–Trinajstić information content (AvgIpc) is 3.00. The topological polar surface area (TPSA) is 93.2 Å². The average molecular weight is 619 g/mol. The van der Waals surface area contributed by atoms with Crippen LogP contribution < -0.4 is 18.1 Å². The van der Waals surface area contributed by atoms with Crippen LogP contribution in [-0.2, 0) is 20.0 Å². The van der Waals surface area contributed by atoms with E-state index in [1.54, 1.807) is 109 Å². The fourth-order valence-electron chi connectivity index (χ4n) is 4.76. The van der Waals surface area contributed by atoms with Crippen LogP contribution in [0.3, 0.4) is 0 Å². The van der Waals surface area contributed by atoms with Crippen molar-refractivity contribution in [1.82, 2.24) is 0 Å². The van der Waals surface area contributed by atoms with E-state index in [9.17, 15) is 16.8 Å². The quantitative estimate of drug-likeness (QED) is 0.256. The van der Waals surface area contributed by atoms with Gasteiger partial charge in [-0.3, -0.25) is 8.61 Å². The van der Waals surface area contributed by atoms with Crippen LogP contribution in [0.5, 0.6) is 11.5 Å². The number of benzene rings is 4. The van der Waals surface area contributed by atoms with E-state index in [-0.39, 0.29) is 42.5 Å². The van der Waals surface area contributed by atoms with Gasteiger partial charge in [0, 0.05) is 13.1 Å². The SMILES string of the molecule is Cc1ccc(S(=O)(=O)N2CCCN(S(=O)(=O)c3ccc(C)cc3)c3ccccc3OC/C=C/COc3ccccc32)cc1. The fourth-order valence-corrected chi connectivity index (χ4v) is 7.78. The summed E-state index contributed by atoms with van der Waals surface area (Å²) in [5, 5.41) is 0. The molecule has 1 heterocycles. The second kappa shape index (κ2) is 12.9. The summed E-state index contributed by atoms with van der Waals surface area (Å²) in [4.78, 5) is 0.266. The predicted molar refractivity (Wildman–Crippen MR) is 169 cm³/mol. The number of ether oxygens (including phenoxy) is 2. The third kappa shape index (κ3) is 6.71. The molecule has 4 aromatic carbocycles. The van der Waals surface area contributed by atoms with Gasteiger partial charge in [-0.15, -0.1) is 0 Å². The molecule has 1 aliphatic heterocycles. The lowest BCUT2D eigenvalue weighted by Crippen LogP contribution is -2.37. The molecule has 1 aliphatic rings. The van der Waals surface area contributed by atoms with Gasteiger partial charge < -0.3 is 9.47 Å². The summed E-state index contributed by atoms with van der Waals surface area (Å²) in [6.07, 6.45) is 3.73. The Labute approximate surface area is 253 Å². The van der Waals surface area contributed by atoms with E-state index in [4.69, 9.17) is 9.47 Å². The number of para-hydroxylation sites is 4. The Hall–Kier alpha value is -4.28. The Balaban J connectivity index is 1.60. The van der Waals surface area contributed by atoms with Crippen molar-refractivity contribution in [3.63, 3.8) is 0 Å². The maximum Gasteiger partial charge on any atom is 0.264 e. The molecule has 0 spiro atoms. The molecule has 224 valence electrons. The number of aryl methyl sites for hydroxylation is 2. The molecule has 8 nitrogen and oxygen atoms in total. The van der Waals surface area contributed by atoms with Gasteiger partial charge in [-0.1, -0.05) is 59.7 Å². The number of anilines is 2. The molecule has 0 amide bonds. The van der Waals surface area contributed by atoms with E-state index in [2.05, 4.69) is 0 Å². The third-order valence-corrected chi connectivity index (χ3v) is 10.7. The predicted octanol–water partition coefficient (Wildman–Crippen LogP) is 6.11. The van der Waals surface area contributed by atoms with Crippen LogP contribution in [0, 0.1) is 13.8 Å². The molecule has 0 N–H and O–H groups in total. The third-order valence-electron chi connectivity index (χ3n) is 7.05. The summed E-state index contributed by atoms with van der Waals surface area (Å²) in [6.45, 7) is 4.15. The number of hydrogen-bond acceptors (Lipinski definition) is 6. The molecule has 0 aromatic heterocycles. The Bertz CT molecular complexity index is 1670. The molecule has 43 heavy (non-hydrogen) atoms.